The fraction of sp³-hybridized carbons (Fsp3) is 0.235. The summed E-state index contributed by atoms with van der Waals surface area (Å²) in [6.45, 7) is 2.70. The maximum atomic E-state index is 12.2. The number of rotatable bonds is 1. The van der Waals surface area contributed by atoms with Gasteiger partial charge in [0.1, 0.15) is 0 Å². The van der Waals surface area contributed by atoms with E-state index in [1.165, 1.54) is 0 Å². The number of halogens is 1. The van der Waals surface area contributed by atoms with Gasteiger partial charge in [-0.05, 0) is 30.3 Å². The number of benzene rings is 1. The Balaban J connectivity index is 1.57. The number of hydrogen-bond donors (Lipinski definition) is 0. The van der Waals surface area contributed by atoms with E-state index < -0.39 is 0 Å². The molecule has 5 nitrogen and oxygen atoms in total. The van der Waals surface area contributed by atoms with E-state index in [0.717, 1.165) is 23.1 Å². The molecule has 0 saturated carbocycles. The van der Waals surface area contributed by atoms with Crippen molar-refractivity contribution in [2.24, 2.45) is 0 Å². The summed E-state index contributed by atoms with van der Waals surface area (Å²) >= 11 is 3.37. The zero-order valence-corrected chi connectivity index (χ0v) is 14.0. The lowest BCUT2D eigenvalue weighted by atomic mass is 10.2. The molecule has 6 heteroatoms. The van der Waals surface area contributed by atoms with E-state index in [-0.39, 0.29) is 5.91 Å². The van der Waals surface area contributed by atoms with Gasteiger partial charge in [0.2, 0.25) is 5.95 Å². The Bertz CT molecular complexity index is 729. The molecule has 0 N–H and O–H groups in total. The average Bonchev–Trinajstić information content (AvgIpc) is 2.62. The quantitative estimate of drug-likeness (QED) is 0.719. The molecule has 1 amide bonds. The summed E-state index contributed by atoms with van der Waals surface area (Å²) < 4.78 is 0.994. The van der Waals surface area contributed by atoms with Crippen molar-refractivity contribution in [2.75, 3.05) is 31.1 Å². The minimum atomic E-state index is -0.137. The third kappa shape index (κ3) is 4.08. The van der Waals surface area contributed by atoms with Gasteiger partial charge >= 0.3 is 0 Å². The monoisotopic (exact) mass is 370 g/mol. The first kappa shape index (κ1) is 15.5. The van der Waals surface area contributed by atoms with Crippen molar-refractivity contribution in [3.63, 3.8) is 0 Å². The highest BCUT2D eigenvalue weighted by Crippen LogP contribution is 2.11. The lowest BCUT2D eigenvalue weighted by molar-refractivity contribution is -0.125. The van der Waals surface area contributed by atoms with Gasteiger partial charge in [-0.15, -0.1) is 0 Å². The van der Waals surface area contributed by atoms with Crippen molar-refractivity contribution in [1.82, 2.24) is 14.9 Å². The fourth-order valence-electron chi connectivity index (χ4n) is 2.30. The summed E-state index contributed by atoms with van der Waals surface area (Å²) in [6, 6.07) is 9.38. The first-order valence-electron chi connectivity index (χ1n) is 7.31. The largest absolute Gasteiger partial charge is 0.337 e. The highest BCUT2D eigenvalue weighted by atomic mass is 79.9. The van der Waals surface area contributed by atoms with Gasteiger partial charge in [0.05, 0.1) is 0 Å². The maximum absolute atomic E-state index is 12.2. The van der Waals surface area contributed by atoms with Crippen molar-refractivity contribution < 1.29 is 4.79 Å². The van der Waals surface area contributed by atoms with E-state index in [0.29, 0.717) is 19.0 Å². The van der Waals surface area contributed by atoms with Crippen LogP contribution in [-0.2, 0) is 4.79 Å². The van der Waals surface area contributed by atoms with Crippen LogP contribution in [-0.4, -0.2) is 47.0 Å². The smallest absolute Gasteiger partial charge is 0.298 e. The summed E-state index contributed by atoms with van der Waals surface area (Å²) in [5.74, 6) is 6.20. The van der Waals surface area contributed by atoms with Crippen LogP contribution in [0.3, 0.4) is 0 Å². The third-order valence-corrected chi connectivity index (χ3v) is 4.09. The summed E-state index contributed by atoms with van der Waals surface area (Å²) in [5, 5.41) is 0. The molecule has 0 bridgehead atoms. The number of aromatic nitrogens is 2. The molecular formula is C17H15BrN4O. The van der Waals surface area contributed by atoms with Gasteiger partial charge in [-0.2, -0.15) is 0 Å². The first-order chi connectivity index (χ1) is 11.2. The highest BCUT2D eigenvalue weighted by molar-refractivity contribution is 9.10. The summed E-state index contributed by atoms with van der Waals surface area (Å²) in [6.07, 6.45) is 3.45. The second-order valence-corrected chi connectivity index (χ2v) is 6.00. The van der Waals surface area contributed by atoms with Crippen LogP contribution < -0.4 is 4.90 Å². The van der Waals surface area contributed by atoms with Crippen molar-refractivity contribution >= 4 is 27.8 Å². The highest BCUT2D eigenvalue weighted by Gasteiger charge is 2.21. The maximum Gasteiger partial charge on any atom is 0.298 e. The molecule has 1 aromatic heterocycles. The number of anilines is 1. The number of carbonyl (C=O) groups is 1. The Hall–Kier alpha value is -2.39. The summed E-state index contributed by atoms with van der Waals surface area (Å²) in [5.41, 5.74) is 0.831. The van der Waals surface area contributed by atoms with Crippen LogP contribution in [0, 0.1) is 11.8 Å². The average molecular weight is 371 g/mol. The standard InChI is InChI=1S/C17H15BrN4O/c18-15-5-2-14(3-6-15)4-7-16(23)21-10-12-22(13-11-21)17-19-8-1-9-20-17/h1-3,5-6,8-9H,10-13H2. The van der Waals surface area contributed by atoms with Crippen LogP contribution in [0.1, 0.15) is 5.56 Å². The van der Waals surface area contributed by atoms with Gasteiger partial charge in [0.25, 0.3) is 5.91 Å². The number of amides is 1. The normalized spacial score (nSPS) is 14.1. The van der Waals surface area contributed by atoms with Crippen molar-refractivity contribution in [2.45, 2.75) is 0 Å². The van der Waals surface area contributed by atoms with Crippen LogP contribution in [0.25, 0.3) is 0 Å². The number of hydrogen-bond acceptors (Lipinski definition) is 4. The van der Waals surface area contributed by atoms with Crippen molar-refractivity contribution in [3.8, 4) is 11.8 Å². The van der Waals surface area contributed by atoms with Gasteiger partial charge in [-0.25, -0.2) is 9.97 Å². The second kappa shape index (κ2) is 7.25. The molecule has 0 aliphatic carbocycles. The molecule has 1 aliphatic heterocycles. The number of piperazine rings is 1. The Labute approximate surface area is 143 Å². The SMILES string of the molecule is O=C(C#Cc1ccc(Br)cc1)N1CCN(c2ncccn2)CC1. The van der Waals surface area contributed by atoms with E-state index in [2.05, 4.69) is 42.6 Å². The van der Waals surface area contributed by atoms with Gasteiger partial charge in [0, 0.05) is 54.5 Å². The second-order valence-electron chi connectivity index (χ2n) is 5.08. The van der Waals surface area contributed by atoms with E-state index in [1.807, 2.05) is 24.3 Å². The Morgan fingerprint density at radius 1 is 1.04 bits per heavy atom. The van der Waals surface area contributed by atoms with Gasteiger partial charge < -0.3 is 9.80 Å². The molecule has 23 heavy (non-hydrogen) atoms. The zero-order chi connectivity index (χ0) is 16.1. The van der Waals surface area contributed by atoms with Gasteiger partial charge in [0.15, 0.2) is 0 Å². The van der Waals surface area contributed by atoms with Crippen molar-refractivity contribution in [3.05, 3.63) is 52.8 Å². The minimum absolute atomic E-state index is 0.137. The fourth-order valence-corrected chi connectivity index (χ4v) is 2.57. The summed E-state index contributed by atoms with van der Waals surface area (Å²) in [4.78, 5) is 24.5. The molecule has 2 aromatic rings. The topological polar surface area (TPSA) is 49.3 Å². The minimum Gasteiger partial charge on any atom is -0.337 e. The number of nitrogens with zero attached hydrogens (tertiary/aromatic N) is 4. The van der Waals surface area contributed by atoms with Gasteiger partial charge in [-0.3, -0.25) is 4.79 Å². The molecule has 1 aromatic carbocycles. The third-order valence-electron chi connectivity index (χ3n) is 3.56. The van der Waals surface area contributed by atoms with E-state index in [4.69, 9.17) is 0 Å². The summed E-state index contributed by atoms with van der Waals surface area (Å²) in [7, 11) is 0. The van der Waals surface area contributed by atoms with Crippen LogP contribution in [0.15, 0.2) is 47.2 Å². The Morgan fingerprint density at radius 3 is 2.35 bits per heavy atom. The Morgan fingerprint density at radius 2 is 1.70 bits per heavy atom. The van der Waals surface area contributed by atoms with E-state index >= 15 is 0 Å². The lowest BCUT2D eigenvalue weighted by Gasteiger charge is -2.33. The predicted molar refractivity (Wildman–Crippen MR) is 91.8 cm³/mol. The molecule has 0 spiro atoms. The molecular weight excluding hydrogens is 356 g/mol. The molecule has 1 saturated heterocycles. The van der Waals surface area contributed by atoms with Crippen LogP contribution in [0.4, 0.5) is 5.95 Å². The van der Waals surface area contributed by atoms with Gasteiger partial charge in [-0.1, -0.05) is 21.9 Å². The lowest BCUT2D eigenvalue weighted by Crippen LogP contribution is -2.49. The van der Waals surface area contributed by atoms with Crippen LogP contribution in [0.5, 0.6) is 0 Å². The molecule has 2 heterocycles. The molecule has 0 atom stereocenters. The molecule has 0 radical (unpaired) electrons. The van der Waals surface area contributed by atoms with Crippen LogP contribution in [0.2, 0.25) is 0 Å². The Kier molecular flexibility index (Phi) is 4.89. The van der Waals surface area contributed by atoms with E-state index in [1.54, 1.807) is 23.4 Å². The van der Waals surface area contributed by atoms with E-state index in [9.17, 15) is 4.79 Å². The van der Waals surface area contributed by atoms with Crippen molar-refractivity contribution in [1.29, 1.82) is 0 Å². The molecule has 116 valence electrons. The molecule has 1 fully saturated rings. The zero-order valence-electron chi connectivity index (χ0n) is 12.4. The van der Waals surface area contributed by atoms with Crippen LogP contribution >= 0.6 is 15.9 Å². The predicted octanol–water partition coefficient (Wildman–Crippen LogP) is 1.94. The number of carbonyl (C=O) groups excluding carboxylic acids is 1. The first-order valence-corrected chi connectivity index (χ1v) is 8.10. The molecule has 3 rings (SSSR count). The molecule has 0 unspecified atom stereocenters. The molecule has 1 aliphatic rings.